The molecule has 6 aromatic rings. The number of hydrogen-bond donors (Lipinski definition) is 1. The van der Waals surface area contributed by atoms with Gasteiger partial charge in [-0.1, -0.05) is 121 Å². The molecule has 40 heavy (non-hydrogen) atoms. The molecule has 1 N–H and O–H groups in total. The van der Waals surface area contributed by atoms with Crippen LogP contribution >= 0.6 is 11.3 Å². The van der Waals surface area contributed by atoms with Crippen molar-refractivity contribution in [3.8, 4) is 22.3 Å². The fraction of sp³-hybridized carbons (Fsp3) is 0.0833. The Bertz CT molecular complexity index is 1870. The zero-order chi connectivity index (χ0) is 26.5. The number of nitrogens with zero attached hydrogens (tertiary/aromatic N) is 2. The number of nitrogens with one attached hydrogen (secondary N) is 1. The third kappa shape index (κ3) is 3.72. The first-order valence-electron chi connectivity index (χ1n) is 13.8. The average Bonchev–Trinajstić information content (AvgIpc) is 3.36. The minimum Gasteiger partial charge on any atom is -0.307 e. The summed E-state index contributed by atoms with van der Waals surface area (Å²) in [7, 11) is 0. The second-order valence-corrected chi connectivity index (χ2v) is 11.4. The summed E-state index contributed by atoms with van der Waals surface area (Å²) in [4.78, 5) is 8.11. The van der Waals surface area contributed by atoms with E-state index < -0.39 is 0 Å². The Hall–Kier alpha value is -4.51. The molecule has 5 aromatic carbocycles. The Morgan fingerprint density at radius 3 is 2.12 bits per heavy atom. The van der Waals surface area contributed by atoms with Crippen molar-refractivity contribution in [2.75, 3.05) is 11.4 Å². The van der Waals surface area contributed by atoms with Crippen molar-refractivity contribution in [1.82, 2.24) is 5.32 Å². The van der Waals surface area contributed by atoms with Gasteiger partial charge in [-0.05, 0) is 34.4 Å². The van der Waals surface area contributed by atoms with Crippen LogP contribution < -0.4 is 10.2 Å². The second-order valence-electron chi connectivity index (χ2n) is 10.3. The molecule has 0 saturated carbocycles. The molecule has 3 nitrogen and oxygen atoms in total. The fourth-order valence-corrected chi connectivity index (χ4v) is 7.50. The van der Waals surface area contributed by atoms with Crippen LogP contribution in [0.5, 0.6) is 0 Å². The average molecular weight is 534 g/mol. The first-order valence-corrected chi connectivity index (χ1v) is 14.6. The van der Waals surface area contributed by atoms with Crippen molar-refractivity contribution in [2.24, 2.45) is 4.99 Å². The summed E-state index contributed by atoms with van der Waals surface area (Å²) in [5, 5.41) is 6.43. The smallest absolute Gasteiger partial charge is 0.146 e. The highest BCUT2D eigenvalue weighted by molar-refractivity contribution is 7.23. The highest BCUT2D eigenvalue weighted by Gasteiger charge is 2.38. The predicted molar refractivity (Wildman–Crippen MR) is 169 cm³/mol. The van der Waals surface area contributed by atoms with Gasteiger partial charge in [0.25, 0.3) is 0 Å². The highest BCUT2D eigenvalue weighted by Crippen LogP contribution is 2.55. The van der Waals surface area contributed by atoms with Crippen LogP contribution in [-0.4, -0.2) is 18.4 Å². The quantitative estimate of drug-likeness (QED) is 0.246. The SMILES string of the molecule is c1ccc(C2=NC(N3c4ccccc4-c4ccccc4-c4c3sc3ccccc43)C(c3ccccc3)NC2)cc1. The predicted octanol–water partition coefficient (Wildman–Crippen LogP) is 8.85. The van der Waals surface area contributed by atoms with Gasteiger partial charge >= 0.3 is 0 Å². The lowest BCUT2D eigenvalue weighted by atomic mass is 9.94. The van der Waals surface area contributed by atoms with Gasteiger partial charge in [-0.2, -0.15) is 0 Å². The van der Waals surface area contributed by atoms with E-state index in [1.165, 1.54) is 48.6 Å². The lowest BCUT2D eigenvalue weighted by Gasteiger charge is -2.40. The van der Waals surface area contributed by atoms with E-state index in [-0.39, 0.29) is 12.2 Å². The largest absolute Gasteiger partial charge is 0.307 e. The summed E-state index contributed by atoms with van der Waals surface area (Å²) in [5.74, 6) is 0. The second kappa shape index (κ2) is 9.60. The molecule has 0 fully saturated rings. The summed E-state index contributed by atoms with van der Waals surface area (Å²) < 4.78 is 1.29. The van der Waals surface area contributed by atoms with Gasteiger partial charge in [0.05, 0.1) is 17.4 Å². The van der Waals surface area contributed by atoms with E-state index >= 15 is 0 Å². The first kappa shape index (κ1) is 23.4. The van der Waals surface area contributed by atoms with E-state index in [4.69, 9.17) is 4.99 Å². The van der Waals surface area contributed by atoms with Crippen molar-refractivity contribution in [1.29, 1.82) is 0 Å². The maximum absolute atomic E-state index is 5.59. The van der Waals surface area contributed by atoms with Gasteiger partial charge in [-0.25, -0.2) is 0 Å². The van der Waals surface area contributed by atoms with Gasteiger partial charge in [0.2, 0.25) is 0 Å². The van der Waals surface area contributed by atoms with Gasteiger partial charge in [0, 0.05) is 27.8 Å². The van der Waals surface area contributed by atoms with Crippen LogP contribution in [0.25, 0.3) is 32.3 Å². The zero-order valence-corrected chi connectivity index (χ0v) is 22.7. The molecule has 2 aliphatic rings. The lowest BCUT2D eigenvalue weighted by molar-refractivity contribution is 0.454. The standard InChI is InChI=1S/C36H27N3S/c1-3-13-24(14-4-1)30-23-37-34(25-15-5-2-6-16-25)35(38-30)39-31-21-11-9-18-27(31)26-17-7-8-19-28(26)33-29-20-10-12-22-32(29)40-36(33)39/h1-22,34-35,37H,23H2. The molecule has 4 heteroatoms. The molecule has 8 rings (SSSR count). The van der Waals surface area contributed by atoms with Gasteiger partial charge in [-0.15, -0.1) is 11.3 Å². The van der Waals surface area contributed by atoms with E-state index in [9.17, 15) is 0 Å². The topological polar surface area (TPSA) is 27.6 Å². The van der Waals surface area contributed by atoms with Crippen LogP contribution in [0.1, 0.15) is 17.2 Å². The summed E-state index contributed by atoms with van der Waals surface area (Å²) in [6.45, 7) is 0.717. The minimum atomic E-state index is -0.186. The molecule has 3 heterocycles. The number of rotatable bonds is 3. The third-order valence-electron chi connectivity index (χ3n) is 8.05. The normalized spacial score (nSPS) is 17.9. The summed E-state index contributed by atoms with van der Waals surface area (Å²) >= 11 is 1.87. The van der Waals surface area contributed by atoms with Gasteiger partial charge in [-0.3, -0.25) is 4.99 Å². The lowest BCUT2D eigenvalue weighted by Crippen LogP contribution is -2.47. The van der Waals surface area contributed by atoms with Gasteiger partial charge in [0.15, 0.2) is 0 Å². The minimum absolute atomic E-state index is 0.0148. The Morgan fingerprint density at radius 2 is 1.30 bits per heavy atom. The number of fused-ring (bicyclic) bond motifs is 7. The molecule has 0 amide bonds. The van der Waals surface area contributed by atoms with E-state index in [0.29, 0.717) is 0 Å². The molecule has 0 radical (unpaired) electrons. The molecule has 0 spiro atoms. The molecule has 2 atom stereocenters. The monoisotopic (exact) mass is 533 g/mol. The van der Waals surface area contributed by atoms with Crippen LogP contribution in [0.3, 0.4) is 0 Å². The number of thiophene rings is 1. The maximum Gasteiger partial charge on any atom is 0.146 e. The van der Waals surface area contributed by atoms with Crippen LogP contribution in [-0.2, 0) is 0 Å². The number of benzene rings is 5. The van der Waals surface area contributed by atoms with E-state index in [2.05, 4.69) is 144 Å². The number of para-hydroxylation sites is 1. The molecule has 0 aliphatic carbocycles. The van der Waals surface area contributed by atoms with Crippen molar-refractivity contribution < 1.29 is 0 Å². The van der Waals surface area contributed by atoms with Crippen LogP contribution in [0.4, 0.5) is 10.7 Å². The Morgan fingerprint density at radius 1 is 0.650 bits per heavy atom. The van der Waals surface area contributed by atoms with Gasteiger partial charge < -0.3 is 10.2 Å². The Kier molecular flexibility index (Phi) is 5.61. The van der Waals surface area contributed by atoms with Crippen LogP contribution in [0, 0.1) is 0 Å². The van der Waals surface area contributed by atoms with E-state index in [1.54, 1.807) is 0 Å². The number of aliphatic imine (C=N–C) groups is 1. The zero-order valence-electron chi connectivity index (χ0n) is 21.9. The van der Waals surface area contributed by atoms with E-state index in [1.807, 2.05) is 11.3 Å². The van der Waals surface area contributed by atoms with Crippen LogP contribution in [0.15, 0.2) is 138 Å². The molecule has 192 valence electrons. The summed E-state index contributed by atoms with van der Waals surface area (Å²) in [6, 6.07) is 47.9. The summed E-state index contributed by atoms with van der Waals surface area (Å²) in [6.07, 6.45) is -0.186. The number of anilines is 2. The van der Waals surface area contributed by atoms with Gasteiger partial charge in [0.1, 0.15) is 11.2 Å². The Balaban J connectivity index is 1.44. The van der Waals surface area contributed by atoms with Crippen molar-refractivity contribution >= 4 is 37.8 Å². The van der Waals surface area contributed by atoms with Crippen molar-refractivity contribution in [3.05, 3.63) is 145 Å². The first-order chi connectivity index (χ1) is 19.9. The molecule has 2 unspecified atom stereocenters. The molecule has 1 aromatic heterocycles. The molecular formula is C36H27N3S. The Labute approximate surface area is 238 Å². The molecule has 0 saturated heterocycles. The van der Waals surface area contributed by atoms with Crippen molar-refractivity contribution in [2.45, 2.75) is 12.2 Å². The third-order valence-corrected chi connectivity index (χ3v) is 9.22. The summed E-state index contributed by atoms with van der Waals surface area (Å²) in [5.41, 5.74) is 9.74. The molecular weight excluding hydrogens is 506 g/mol. The maximum atomic E-state index is 5.59. The van der Waals surface area contributed by atoms with Crippen molar-refractivity contribution in [3.63, 3.8) is 0 Å². The molecule has 2 aliphatic heterocycles. The fourth-order valence-electron chi connectivity index (χ4n) is 6.24. The highest BCUT2D eigenvalue weighted by atomic mass is 32.1. The number of hydrogen-bond acceptors (Lipinski definition) is 4. The molecule has 0 bridgehead atoms. The van der Waals surface area contributed by atoms with Crippen LogP contribution in [0.2, 0.25) is 0 Å². The van der Waals surface area contributed by atoms with E-state index in [0.717, 1.165) is 17.8 Å².